The fraction of sp³-hybridized carbons (Fsp3) is 0.600. The van der Waals surface area contributed by atoms with Crippen molar-refractivity contribution >= 4 is 10.5 Å². The van der Waals surface area contributed by atoms with Gasteiger partial charge < -0.3 is 4.55 Å². The summed E-state index contributed by atoms with van der Waals surface area (Å²) in [5.74, 6) is 1.85. The van der Waals surface area contributed by atoms with Crippen LogP contribution in [0.2, 0.25) is 0 Å². The van der Waals surface area contributed by atoms with Gasteiger partial charge in [-0.1, -0.05) is 5.92 Å². The second-order valence-electron chi connectivity index (χ2n) is 1.42. The quantitative estimate of drug-likeness (QED) is 0.442. The summed E-state index contributed by atoms with van der Waals surface area (Å²) in [6, 6.07) is 0. The van der Waals surface area contributed by atoms with Gasteiger partial charge in [-0.3, -0.25) is 4.18 Å². The van der Waals surface area contributed by atoms with Gasteiger partial charge >= 0.3 is 0 Å². The summed E-state index contributed by atoms with van der Waals surface area (Å²) in [6.07, 6.45) is 4.78. The third kappa shape index (κ3) is 4.15. The van der Waals surface area contributed by atoms with Gasteiger partial charge in [0, 0.05) is 0 Å². The highest BCUT2D eigenvalue weighted by Gasteiger charge is 2.04. The van der Waals surface area contributed by atoms with E-state index in [2.05, 4.69) is 10.1 Å². The van der Waals surface area contributed by atoms with Gasteiger partial charge in [0.2, 0.25) is 0 Å². The largest absolute Gasteiger partial charge is 0.309 e. The van der Waals surface area contributed by atoms with Crippen LogP contribution in [0.3, 0.4) is 0 Å². The molecule has 0 unspecified atom stereocenters. The van der Waals surface area contributed by atoms with Crippen molar-refractivity contribution in [1.82, 2.24) is 0 Å². The zero-order valence-electron chi connectivity index (χ0n) is 5.20. The lowest BCUT2D eigenvalue weighted by molar-refractivity contribution is 0.307. The lowest BCUT2D eigenvalue weighted by atomic mass is 10.8. The normalized spacial score (nSPS) is 12.6. The van der Waals surface area contributed by atoms with Crippen molar-refractivity contribution < 1.29 is 12.9 Å². The number of hydrogen-bond donors (Lipinski definition) is 2. The Morgan fingerprint density at radius 2 is 2.44 bits per heavy atom. The fourth-order valence-corrected chi connectivity index (χ4v) is 1.09. The predicted molar refractivity (Wildman–Crippen MR) is 37.5 cm³/mol. The van der Waals surface area contributed by atoms with Gasteiger partial charge in [0.05, 0.1) is 17.1 Å². The van der Waals surface area contributed by atoms with Crippen LogP contribution in [0, 0.1) is 12.3 Å². The smallest absolute Gasteiger partial charge is 0.105 e. The number of terminal acetylenes is 1. The SMILES string of the molecule is C#CC[SH](=O)(O)OCC. The van der Waals surface area contributed by atoms with Crippen molar-refractivity contribution in [2.75, 3.05) is 12.4 Å². The number of rotatable bonds is 3. The molecule has 0 aromatic heterocycles. The molecule has 0 heterocycles. The standard InChI is InChI=1S/C5H10O3S/c1-3-5-9(6,7)8-4-2/h1,9H,4-5H2,2H3,(H,6,7). The maximum absolute atomic E-state index is 10.6. The molecule has 0 aromatic rings. The minimum atomic E-state index is -3.43. The highest BCUT2D eigenvalue weighted by Crippen LogP contribution is 1.98. The molecular formula is C5H10O3S. The first kappa shape index (κ1) is 8.63. The number of thiol groups is 1. The molecule has 4 heteroatoms. The van der Waals surface area contributed by atoms with Crippen molar-refractivity contribution in [3.05, 3.63) is 0 Å². The molecular weight excluding hydrogens is 140 g/mol. The minimum Gasteiger partial charge on any atom is -0.309 e. The Hall–Kier alpha value is -0.370. The average molecular weight is 150 g/mol. The van der Waals surface area contributed by atoms with Crippen molar-refractivity contribution in [2.45, 2.75) is 6.92 Å². The highest BCUT2D eigenvalue weighted by atomic mass is 32.3. The Balaban J connectivity index is 3.75. The third-order valence-corrected chi connectivity index (χ3v) is 1.87. The van der Waals surface area contributed by atoms with Crippen LogP contribution < -0.4 is 0 Å². The third-order valence-electron chi connectivity index (χ3n) is 0.622. The van der Waals surface area contributed by atoms with Crippen molar-refractivity contribution in [2.24, 2.45) is 0 Å². The van der Waals surface area contributed by atoms with Gasteiger partial charge in [-0.15, -0.1) is 6.42 Å². The molecule has 0 radical (unpaired) electrons. The number of hydrogen-bond acceptors (Lipinski definition) is 2. The zero-order chi connectivity index (χ0) is 7.33. The van der Waals surface area contributed by atoms with Gasteiger partial charge in [-0.25, -0.2) is 4.21 Å². The van der Waals surface area contributed by atoms with E-state index in [1.165, 1.54) is 0 Å². The molecule has 0 aromatic carbocycles. The molecule has 1 N–H and O–H groups in total. The van der Waals surface area contributed by atoms with Crippen LogP contribution in [-0.2, 0) is 14.7 Å². The fourth-order valence-electron chi connectivity index (χ4n) is 0.363. The van der Waals surface area contributed by atoms with Gasteiger partial charge in [-0.2, -0.15) is 0 Å². The Labute approximate surface area is 55.9 Å². The molecule has 0 aliphatic carbocycles. The molecule has 9 heavy (non-hydrogen) atoms. The van der Waals surface area contributed by atoms with E-state index in [4.69, 9.17) is 11.0 Å². The van der Waals surface area contributed by atoms with E-state index in [1.54, 1.807) is 6.92 Å². The van der Waals surface area contributed by atoms with E-state index in [0.29, 0.717) is 0 Å². The first-order valence-corrected chi connectivity index (χ1v) is 4.28. The summed E-state index contributed by atoms with van der Waals surface area (Å²) >= 11 is 0. The van der Waals surface area contributed by atoms with Gasteiger partial charge in [0.25, 0.3) is 0 Å². The summed E-state index contributed by atoms with van der Waals surface area (Å²) in [4.78, 5) is 0. The van der Waals surface area contributed by atoms with Crippen molar-refractivity contribution in [3.63, 3.8) is 0 Å². The van der Waals surface area contributed by atoms with E-state index < -0.39 is 10.5 Å². The van der Waals surface area contributed by atoms with Gasteiger partial charge in [-0.05, 0) is 6.92 Å². The Morgan fingerprint density at radius 3 is 2.78 bits per heavy atom. The first-order chi connectivity index (χ1) is 4.12. The lowest BCUT2D eigenvalue weighted by Gasteiger charge is -2.12. The Morgan fingerprint density at radius 1 is 1.89 bits per heavy atom. The Kier molecular flexibility index (Phi) is 3.47. The molecule has 0 saturated heterocycles. The van der Waals surface area contributed by atoms with Crippen LogP contribution in [0.15, 0.2) is 0 Å². The molecule has 3 nitrogen and oxygen atoms in total. The maximum atomic E-state index is 10.6. The molecule has 0 rings (SSSR count). The average Bonchev–Trinajstić information content (AvgIpc) is 1.64. The zero-order valence-corrected chi connectivity index (χ0v) is 6.10. The minimum absolute atomic E-state index is 0.208. The predicted octanol–water partition coefficient (Wildman–Crippen LogP) is 0.0608. The topological polar surface area (TPSA) is 46.5 Å². The Bertz CT molecular complexity index is 158. The van der Waals surface area contributed by atoms with E-state index >= 15 is 0 Å². The molecule has 54 valence electrons. The molecule has 0 aliphatic heterocycles. The van der Waals surface area contributed by atoms with E-state index in [1.807, 2.05) is 0 Å². The van der Waals surface area contributed by atoms with E-state index in [-0.39, 0.29) is 12.4 Å². The molecule has 0 amide bonds. The molecule has 0 atom stereocenters. The summed E-state index contributed by atoms with van der Waals surface area (Å²) < 4.78 is 23.7. The summed E-state index contributed by atoms with van der Waals surface area (Å²) in [6.45, 7) is 1.86. The van der Waals surface area contributed by atoms with E-state index in [9.17, 15) is 4.21 Å². The molecule has 0 saturated carbocycles. The maximum Gasteiger partial charge on any atom is 0.105 e. The van der Waals surface area contributed by atoms with Crippen LogP contribution in [-0.4, -0.2) is 21.1 Å². The molecule has 0 fully saturated rings. The van der Waals surface area contributed by atoms with Crippen LogP contribution in [0.5, 0.6) is 0 Å². The van der Waals surface area contributed by atoms with Crippen LogP contribution in [0.25, 0.3) is 0 Å². The van der Waals surface area contributed by atoms with Crippen LogP contribution >= 0.6 is 0 Å². The van der Waals surface area contributed by atoms with Crippen LogP contribution in [0.1, 0.15) is 6.92 Å². The molecule has 0 bridgehead atoms. The highest BCUT2D eigenvalue weighted by molar-refractivity contribution is 7.93. The second-order valence-corrected chi connectivity index (χ2v) is 3.27. The lowest BCUT2D eigenvalue weighted by Crippen LogP contribution is -2.17. The van der Waals surface area contributed by atoms with Crippen molar-refractivity contribution in [3.8, 4) is 12.3 Å². The van der Waals surface area contributed by atoms with Gasteiger partial charge in [0.1, 0.15) is 5.75 Å². The monoisotopic (exact) mass is 150 g/mol. The van der Waals surface area contributed by atoms with Gasteiger partial charge in [0.15, 0.2) is 0 Å². The summed E-state index contributed by atoms with van der Waals surface area (Å²) in [5.41, 5.74) is 0. The summed E-state index contributed by atoms with van der Waals surface area (Å²) in [5, 5.41) is 0. The summed E-state index contributed by atoms with van der Waals surface area (Å²) in [7, 11) is -3.43. The first-order valence-electron chi connectivity index (χ1n) is 2.52. The molecule has 0 spiro atoms. The molecule has 0 aliphatic rings. The second kappa shape index (κ2) is 3.62. The van der Waals surface area contributed by atoms with E-state index in [0.717, 1.165) is 0 Å². The van der Waals surface area contributed by atoms with Crippen molar-refractivity contribution in [1.29, 1.82) is 0 Å². The van der Waals surface area contributed by atoms with Crippen LogP contribution in [0.4, 0.5) is 0 Å².